The quantitative estimate of drug-likeness (QED) is 0.488. The van der Waals surface area contributed by atoms with E-state index in [1.165, 1.54) is 0 Å². The average molecular weight is 395 g/mol. The van der Waals surface area contributed by atoms with Crippen molar-refractivity contribution < 1.29 is 9.53 Å². The van der Waals surface area contributed by atoms with Crippen molar-refractivity contribution in [3.05, 3.63) is 59.8 Å². The largest absolute Gasteiger partial charge is 0.482 e. The normalized spacial score (nSPS) is 12.4. The van der Waals surface area contributed by atoms with Crippen LogP contribution in [0.2, 0.25) is 0 Å². The van der Waals surface area contributed by atoms with Gasteiger partial charge in [-0.1, -0.05) is 6.07 Å². The number of hydrogen-bond donors (Lipinski definition) is 3. The van der Waals surface area contributed by atoms with E-state index in [0.29, 0.717) is 45.4 Å². The van der Waals surface area contributed by atoms with E-state index in [1.54, 1.807) is 41.0 Å². The van der Waals surface area contributed by atoms with Crippen molar-refractivity contribution >= 4 is 28.7 Å². The van der Waals surface area contributed by atoms with Gasteiger partial charge in [-0.15, -0.1) is 0 Å². The number of aromatic amines is 1. The summed E-state index contributed by atoms with van der Waals surface area (Å²) in [6.07, 6.45) is 1.57. The van der Waals surface area contributed by atoms with Crippen molar-refractivity contribution in [3.63, 3.8) is 0 Å². The molecule has 0 radical (unpaired) electrons. The SMILES string of the molecule is N#Cc1cccc(Nc2c(-c3ccc4c(c3)NC(=O)CO4)nc3c(C#N)c[nH]n23)c1. The van der Waals surface area contributed by atoms with Gasteiger partial charge in [-0.25, -0.2) is 9.50 Å². The van der Waals surface area contributed by atoms with E-state index >= 15 is 0 Å². The zero-order valence-electron chi connectivity index (χ0n) is 15.4. The molecule has 0 spiro atoms. The number of nitriles is 2. The van der Waals surface area contributed by atoms with Crippen LogP contribution in [0.15, 0.2) is 48.7 Å². The molecule has 9 nitrogen and oxygen atoms in total. The standard InChI is InChI=1S/C21H13N7O2/c22-8-12-2-1-3-15(6-12)25-21-19(27-20-14(9-23)10-24-28(20)21)13-4-5-17-16(7-13)26-18(29)11-30-17/h1-7,10,24-25H,11H2,(H,26,29). The molecule has 4 aromatic rings. The molecule has 5 rings (SSSR count). The number of carbonyl (C=O) groups is 1. The Morgan fingerprint density at radius 3 is 2.90 bits per heavy atom. The van der Waals surface area contributed by atoms with E-state index in [-0.39, 0.29) is 12.5 Å². The third-order valence-electron chi connectivity index (χ3n) is 4.72. The van der Waals surface area contributed by atoms with Crippen molar-refractivity contribution in [1.82, 2.24) is 14.6 Å². The molecule has 3 N–H and O–H groups in total. The van der Waals surface area contributed by atoms with Gasteiger partial charge in [-0.2, -0.15) is 10.5 Å². The molecule has 1 aliphatic heterocycles. The minimum atomic E-state index is -0.227. The topological polar surface area (TPSA) is 131 Å². The minimum Gasteiger partial charge on any atom is -0.482 e. The Hall–Kier alpha value is -4.76. The number of hydrogen-bond acceptors (Lipinski definition) is 6. The van der Waals surface area contributed by atoms with Crippen molar-refractivity contribution in [2.75, 3.05) is 17.2 Å². The zero-order valence-corrected chi connectivity index (χ0v) is 15.4. The van der Waals surface area contributed by atoms with E-state index in [1.807, 2.05) is 12.1 Å². The summed E-state index contributed by atoms with van der Waals surface area (Å²) in [5, 5.41) is 27.7. The molecule has 0 unspecified atom stereocenters. The summed E-state index contributed by atoms with van der Waals surface area (Å²) in [6.45, 7) is -0.0204. The summed E-state index contributed by atoms with van der Waals surface area (Å²) in [5.41, 5.74) is 3.91. The van der Waals surface area contributed by atoms with Gasteiger partial charge in [0.1, 0.15) is 23.1 Å². The molecule has 30 heavy (non-hydrogen) atoms. The van der Waals surface area contributed by atoms with E-state index < -0.39 is 0 Å². The number of anilines is 3. The number of nitrogens with one attached hydrogen (secondary N) is 3. The molecule has 0 aliphatic carbocycles. The first-order chi connectivity index (χ1) is 14.7. The highest BCUT2D eigenvalue weighted by atomic mass is 16.5. The maximum Gasteiger partial charge on any atom is 0.262 e. The number of rotatable bonds is 3. The molecule has 9 heteroatoms. The molecule has 0 atom stereocenters. The van der Waals surface area contributed by atoms with Crippen LogP contribution >= 0.6 is 0 Å². The number of aromatic nitrogens is 3. The number of benzene rings is 2. The summed E-state index contributed by atoms with van der Waals surface area (Å²) in [7, 11) is 0. The molecule has 1 amide bonds. The predicted molar refractivity (Wildman–Crippen MR) is 108 cm³/mol. The maximum absolute atomic E-state index is 11.7. The second-order valence-corrected chi connectivity index (χ2v) is 6.63. The van der Waals surface area contributed by atoms with E-state index in [2.05, 4.69) is 32.9 Å². The third-order valence-corrected chi connectivity index (χ3v) is 4.72. The van der Waals surface area contributed by atoms with Crippen LogP contribution in [-0.2, 0) is 4.79 Å². The molecular weight excluding hydrogens is 382 g/mol. The van der Waals surface area contributed by atoms with E-state index in [9.17, 15) is 15.3 Å². The fourth-order valence-corrected chi connectivity index (χ4v) is 3.35. The number of fused-ring (bicyclic) bond motifs is 2. The number of imidazole rings is 1. The highest BCUT2D eigenvalue weighted by Crippen LogP contribution is 2.37. The van der Waals surface area contributed by atoms with Crippen LogP contribution in [0, 0.1) is 22.7 Å². The number of ether oxygens (including phenoxy) is 1. The number of nitrogens with zero attached hydrogens (tertiary/aromatic N) is 4. The van der Waals surface area contributed by atoms with Gasteiger partial charge in [0.15, 0.2) is 18.1 Å². The predicted octanol–water partition coefficient (Wildman–Crippen LogP) is 3.15. The van der Waals surface area contributed by atoms with Crippen LogP contribution in [0.25, 0.3) is 16.9 Å². The lowest BCUT2D eigenvalue weighted by atomic mass is 10.1. The number of H-pyrrole nitrogens is 1. The van der Waals surface area contributed by atoms with E-state index in [0.717, 1.165) is 5.56 Å². The molecular formula is C21H13N7O2. The van der Waals surface area contributed by atoms with Gasteiger partial charge in [0.25, 0.3) is 5.91 Å². The van der Waals surface area contributed by atoms with Crippen LogP contribution < -0.4 is 15.4 Å². The molecule has 0 saturated heterocycles. The van der Waals surface area contributed by atoms with Crippen molar-refractivity contribution in [2.45, 2.75) is 0 Å². The fraction of sp³-hybridized carbons (Fsp3) is 0.0476. The molecule has 3 heterocycles. The van der Waals surface area contributed by atoms with Gasteiger partial charge in [-0.05, 0) is 36.4 Å². The van der Waals surface area contributed by atoms with Gasteiger partial charge in [-0.3, -0.25) is 9.89 Å². The number of amides is 1. The van der Waals surface area contributed by atoms with Gasteiger partial charge in [0.2, 0.25) is 0 Å². The lowest BCUT2D eigenvalue weighted by Crippen LogP contribution is -2.25. The second-order valence-electron chi connectivity index (χ2n) is 6.63. The number of carbonyl (C=O) groups excluding carboxylic acids is 1. The summed E-state index contributed by atoms with van der Waals surface area (Å²) in [6, 6.07) is 16.7. The zero-order chi connectivity index (χ0) is 20.7. The monoisotopic (exact) mass is 395 g/mol. The first-order valence-electron chi connectivity index (χ1n) is 9.00. The molecule has 0 bridgehead atoms. The third kappa shape index (κ3) is 2.79. The first-order valence-corrected chi connectivity index (χ1v) is 9.00. The Kier molecular flexibility index (Phi) is 3.87. The lowest BCUT2D eigenvalue weighted by Gasteiger charge is -2.18. The Morgan fingerprint density at radius 2 is 2.07 bits per heavy atom. The van der Waals surface area contributed by atoms with Crippen LogP contribution in [-0.4, -0.2) is 27.1 Å². The molecule has 2 aromatic carbocycles. The smallest absolute Gasteiger partial charge is 0.262 e. The summed E-state index contributed by atoms with van der Waals surface area (Å²) in [4.78, 5) is 16.3. The van der Waals surface area contributed by atoms with Crippen LogP contribution in [0.5, 0.6) is 5.75 Å². The average Bonchev–Trinajstić information content (AvgIpc) is 3.33. The first kappa shape index (κ1) is 17.3. The van der Waals surface area contributed by atoms with Crippen LogP contribution in [0.3, 0.4) is 0 Å². The maximum atomic E-state index is 11.7. The van der Waals surface area contributed by atoms with Crippen molar-refractivity contribution in [1.29, 1.82) is 10.5 Å². The van der Waals surface area contributed by atoms with Gasteiger partial charge < -0.3 is 15.4 Å². The highest BCUT2D eigenvalue weighted by Gasteiger charge is 2.21. The summed E-state index contributed by atoms with van der Waals surface area (Å²) in [5.74, 6) is 0.941. The molecule has 0 saturated carbocycles. The van der Waals surface area contributed by atoms with Crippen LogP contribution in [0.1, 0.15) is 11.1 Å². The molecule has 1 aliphatic rings. The van der Waals surface area contributed by atoms with Crippen molar-refractivity contribution in [3.8, 4) is 29.1 Å². The fourth-order valence-electron chi connectivity index (χ4n) is 3.35. The second kappa shape index (κ2) is 6.69. The Labute approximate surface area is 170 Å². The lowest BCUT2D eigenvalue weighted by molar-refractivity contribution is -0.118. The van der Waals surface area contributed by atoms with Crippen molar-refractivity contribution in [2.24, 2.45) is 0 Å². The Morgan fingerprint density at radius 1 is 1.17 bits per heavy atom. The summed E-state index contributed by atoms with van der Waals surface area (Å²) >= 11 is 0. The van der Waals surface area contributed by atoms with E-state index in [4.69, 9.17) is 4.74 Å². The van der Waals surface area contributed by atoms with Crippen LogP contribution in [0.4, 0.5) is 17.2 Å². The minimum absolute atomic E-state index is 0.0204. The van der Waals surface area contributed by atoms with Gasteiger partial charge >= 0.3 is 0 Å². The van der Waals surface area contributed by atoms with Gasteiger partial charge in [0.05, 0.1) is 17.3 Å². The molecule has 2 aromatic heterocycles. The summed E-state index contributed by atoms with van der Waals surface area (Å²) < 4.78 is 7.09. The Bertz CT molecular complexity index is 1400. The van der Waals surface area contributed by atoms with Gasteiger partial charge in [0, 0.05) is 17.4 Å². The molecule has 0 fully saturated rings. The molecule has 144 valence electrons. The Balaban J connectivity index is 1.66. The highest BCUT2D eigenvalue weighted by molar-refractivity contribution is 5.96.